The van der Waals surface area contributed by atoms with E-state index in [9.17, 15) is 10.2 Å². The van der Waals surface area contributed by atoms with Crippen molar-refractivity contribution in [1.29, 1.82) is 0 Å². The number of aliphatic hydroxyl groups excluding tert-OH is 2. The maximum atomic E-state index is 9.20. The first-order chi connectivity index (χ1) is 9.73. The van der Waals surface area contributed by atoms with E-state index in [0.717, 1.165) is 18.4 Å². The number of aliphatic hydroxyl groups is 2. The third kappa shape index (κ3) is 3.91. The van der Waals surface area contributed by atoms with Gasteiger partial charge in [0.1, 0.15) is 0 Å². The second-order valence-corrected chi connectivity index (χ2v) is 4.97. The van der Waals surface area contributed by atoms with Crippen LogP contribution >= 0.6 is 0 Å². The molecule has 114 valence electrons. The molecule has 0 spiro atoms. The van der Waals surface area contributed by atoms with Crippen LogP contribution in [0.5, 0.6) is 5.88 Å². The molecule has 0 unspecified atom stereocenters. The van der Waals surface area contributed by atoms with Crippen LogP contribution in [-0.2, 0) is 6.54 Å². The fourth-order valence-corrected chi connectivity index (χ4v) is 2.43. The number of nitrogens with one attached hydrogen (secondary N) is 1. The van der Waals surface area contributed by atoms with Gasteiger partial charge < -0.3 is 20.3 Å². The molecular weight excluding hydrogens is 256 g/mol. The highest BCUT2D eigenvalue weighted by atomic mass is 16.5. The van der Waals surface area contributed by atoms with Gasteiger partial charge >= 0.3 is 0 Å². The lowest BCUT2D eigenvalue weighted by Crippen LogP contribution is -2.52. The summed E-state index contributed by atoms with van der Waals surface area (Å²) in [5.41, 5.74) is 0.738. The lowest BCUT2D eigenvalue weighted by Gasteiger charge is -2.45. The number of rotatable bonds is 6. The predicted molar refractivity (Wildman–Crippen MR) is 78.6 cm³/mol. The molecule has 0 radical (unpaired) electrons. The van der Waals surface area contributed by atoms with Crippen molar-refractivity contribution in [3.05, 3.63) is 23.9 Å². The van der Waals surface area contributed by atoms with E-state index in [-0.39, 0.29) is 18.6 Å². The zero-order chi connectivity index (χ0) is 15.0. The highest BCUT2D eigenvalue weighted by Crippen LogP contribution is 2.40. The Morgan fingerprint density at radius 1 is 1.35 bits per heavy atom. The molecule has 0 aromatic carbocycles. The highest BCUT2D eigenvalue weighted by molar-refractivity contribution is 5.25. The Morgan fingerprint density at radius 2 is 2.00 bits per heavy atom. The first kappa shape index (κ1) is 16.9. The van der Waals surface area contributed by atoms with Gasteiger partial charge in [-0.3, -0.25) is 0 Å². The minimum Gasteiger partial charge on any atom is -0.481 e. The van der Waals surface area contributed by atoms with E-state index in [2.05, 4.69) is 10.3 Å². The van der Waals surface area contributed by atoms with E-state index in [1.54, 1.807) is 13.3 Å². The van der Waals surface area contributed by atoms with Gasteiger partial charge in [0, 0.05) is 29.8 Å². The molecule has 1 aliphatic carbocycles. The maximum Gasteiger partial charge on any atom is 0.217 e. The maximum absolute atomic E-state index is 9.20. The minimum absolute atomic E-state index is 0.0535. The molecule has 5 heteroatoms. The predicted octanol–water partition coefficient (Wildman–Crippen LogP) is 1.34. The van der Waals surface area contributed by atoms with Gasteiger partial charge in [0.15, 0.2) is 0 Å². The van der Waals surface area contributed by atoms with E-state index >= 15 is 0 Å². The van der Waals surface area contributed by atoms with Gasteiger partial charge in [-0.05, 0) is 18.9 Å². The number of methoxy groups -OCH3 is 1. The molecule has 1 aromatic heterocycles. The van der Waals surface area contributed by atoms with Crippen molar-refractivity contribution in [2.75, 3.05) is 20.3 Å². The summed E-state index contributed by atoms with van der Waals surface area (Å²) in [7, 11) is 1.61. The van der Waals surface area contributed by atoms with E-state index in [1.807, 2.05) is 26.0 Å². The smallest absolute Gasteiger partial charge is 0.217 e. The molecule has 1 aliphatic rings. The molecule has 1 fully saturated rings. The fourth-order valence-electron chi connectivity index (χ4n) is 2.43. The molecule has 5 nitrogen and oxygen atoms in total. The van der Waals surface area contributed by atoms with E-state index in [0.29, 0.717) is 18.5 Å². The average molecular weight is 282 g/mol. The zero-order valence-corrected chi connectivity index (χ0v) is 12.6. The van der Waals surface area contributed by atoms with Crippen molar-refractivity contribution >= 4 is 0 Å². The molecule has 2 rings (SSSR count). The van der Waals surface area contributed by atoms with Crippen LogP contribution < -0.4 is 10.1 Å². The van der Waals surface area contributed by atoms with Crippen molar-refractivity contribution < 1.29 is 14.9 Å². The zero-order valence-electron chi connectivity index (χ0n) is 12.6. The Bertz CT molecular complexity index is 386. The van der Waals surface area contributed by atoms with Crippen LogP contribution in [-0.4, -0.2) is 41.6 Å². The molecule has 0 atom stereocenters. The number of nitrogens with zero attached hydrogens (tertiary/aromatic N) is 1. The van der Waals surface area contributed by atoms with Crippen LogP contribution in [0.4, 0.5) is 0 Å². The summed E-state index contributed by atoms with van der Waals surface area (Å²) >= 11 is 0. The number of pyridine rings is 1. The molecule has 0 aliphatic heterocycles. The van der Waals surface area contributed by atoms with Gasteiger partial charge in [0.05, 0.1) is 20.3 Å². The third-order valence-electron chi connectivity index (χ3n) is 3.65. The van der Waals surface area contributed by atoms with E-state index in [4.69, 9.17) is 4.74 Å². The van der Waals surface area contributed by atoms with Gasteiger partial charge in [-0.1, -0.05) is 19.9 Å². The van der Waals surface area contributed by atoms with Crippen molar-refractivity contribution in [2.24, 2.45) is 5.41 Å². The molecule has 1 heterocycles. The standard InChI is InChI=1S/C13H20N2O3.C2H6/c1-18-12-10(3-2-4-14-12)7-15-11-5-13(6-11,8-16)9-17;1-2/h2-4,11,15-17H,5-9H2,1H3;1-2H3. The third-order valence-corrected chi connectivity index (χ3v) is 3.65. The van der Waals surface area contributed by atoms with Gasteiger partial charge in [-0.25, -0.2) is 4.98 Å². The summed E-state index contributed by atoms with van der Waals surface area (Å²) in [6.45, 7) is 4.80. The van der Waals surface area contributed by atoms with E-state index in [1.165, 1.54) is 0 Å². The van der Waals surface area contributed by atoms with Gasteiger partial charge in [-0.15, -0.1) is 0 Å². The summed E-state index contributed by atoms with van der Waals surface area (Å²) in [5, 5.41) is 21.8. The summed E-state index contributed by atoms with van der Waals surface area (Å²) in [6.07, 6.45) is 3.32. The Hall–Kier alpha value is -1.17. The summed E-state index contributed by atoms with van der Waals surface area (Å²) in [4.78, 5) is 4.14. The van der Waals surface area contributed by atoms with Crippen molar-refractivity contribution in [3.63, 3.8) is 0 Å². The van der Waals surface area contributed by atoms with Crippen LogP contribution in [0.2, 0.25) is 0 Å². The Morgan fingerprint density at radius 3 is 2.55 bits per heavy atom. The molecule has 3 N–H and O–H groups in total. The Kier molecular flexibility index (Phi) is 6.91. The monoisotopic (exact) mass is 282 g/mol. The van der Waals surface area contributed by atoms with Crippen molar-refractivity contribution in [3.8, 4) is 5.88 Å². The number of hydrogen-bond acceptors (Lipinski definition) is 5. The molecule has 0 amide bonds. The van der Waals surface area contributed by atoms with Crippen LogP contribution in [0.25, 0.3) is 0 Å². The molecule has 0 saturated heterocycles. The minimum atomic E-state index is -0.281. The van der Waals surface area contributed by atoms with Crippen molar-refractivity contribution in [2.45, 2.75) is 39.3 Å². The quantitative estimate of drug-likeness (QED) is 0.734. The number of hydrogen-bond donors (Lipinski definition) is 3. The highest BCUT2D eigenvalue weighted by Gasteiger charge is 2.43. The molecule has 1 saturated carbocycles. The van der Waals surface area contributed by atoms with Crippen LogP contribution in [0.15, 0.2) is 18.3 Å². The Labute approximate surface area is 121 Å². The van der Waals surface area contributed by atoms with Crippen LogP contribution in [0, 0.1) is 5.41 Å². The largest absolute Gasteiger partial charge is 0.481 e. The molecular formula is C15H26N2O3. The van der Waals surface area contributed by atoms with Gasteiger partial charge in [-0.2, -0.15) is 0 Å². The van der Waals surface area contributed by atoms with E-state index < -0.39 is 0 Å². The average Bonchev–Trinajstić information content (AvgIpc) is 2.49. The lowest BCUT2D eigenvalue weighted by atomic mass is 9.66. The second kappa shape index (κ2) is 8.19. The first-order valence-corrected chi connectivity index (χ1v) is 7.16. The summed E-state index contributed by atoms with van der Waals surface area (Å²) in [5.74, 6) is 0.639. The lowest BCUT2D eigenvalue weighted by molar-refractivity contribution is -0.0321. The second-order valence-electron chi connectivity index (χ2n) is 4.97. The van der Waals surface area contributed by atoms with Crippen LogP contribution in [0.1, 0.15) is 32.3 Å². The number of ether oxygens (including phenoxy) is 1. The SMILES string of the molecule is CC.COc1ncccc1CNC1CC(CO)(CO)C1. The summed E-state index contributed by atoms with van der Waals surface area (Å²) < 4.78 is 5.18. The molecule has 0 bridgehead atoms. The Balaban J connectivity index is 0.000000956. The van der Waals surface area contributed by atoms with Gasteiger partial charge in [0.25, 0.3) is 0 Å². The van der Waals surface area contributed by atoms with Crippen LogP contribution in [0.3, 0.4) is 0 Å². The normalized spacial score (nSPS) is 16.9. The van der Waals surface area contributed by atoms with Crippen molar-refractivity contribution in [1.82, 2.24) is 10.3 Å². The first-order valence-electron chi connectivity index (χ1n) is 7.16. The number of aromatic nitrogens is 1. The topological polar surface area (TPSA) is 74.6 Å². The fraction of sp³-hybridized carbons (Fsp3) is 0.667. The molecule has 20 heavy (non-hydrogen) atoms. The summed E-state index contributed by atoms with van der Waals surface area (Å²) in [6, 6.07) is 4.20. The molecule has 1 aromatic rings. The van der Waals surface area contributed by atoms with Gasteiger partial charge in [0.2, 0.25) is 5.88 Å².